The summed E-state index contributed by atoms with van der Waals surface area (Å²) in [6.07, 6.45) is 3.35. The highest BCUT2D eigenvalue weighted by molar-refractivity contribution is 5.94. The summed E-state index contributed by atoms with van der Waals surface area (Å²) < 4.78 is 5.43. The van der Waals surface area contributed by atoms with Gasteiger partial charge in [-0.05, 0) is 30.5 Å². The Kier molecular flexibility index (Phi) is 8.09. The van der Waals surface area contributed by atoms with Crippen LogP contribution in [0.4, 0.5) is 0 Å². The molecule has 1 aromatic carbocycles. The first-order valence-electron chi connectivity index (χ1n) is 7.09. The van der Waals surface area contributed by atoms with Gasteiger partial charge in [0, 0.05) is 25.3 Å². The summed E-state index contributed by atoms with van der Waals surface area (Å²) in [5.41, 5.74) is 1.47. The second-order valence-corrected chi connectivity index (χ2v) is 4.61. The van der Waals surface area contributed by atoms with Gasteiger partial charge in [0.25, 0.3) is 5.91 Å². The van der Waals surface area contributed by atoms with E-state index in [1.54, 1.807) is 18.2 Å². The van der Waals surface area contributed by atoms with Crippen LogP contribution in [0.3, 0.4) is 0 Å². The van der Waals surface area contributed by atoms with E-state index in [1.807, 2.05) is 6.07 Å². The average Bonchev–Trinajstić information content (AvgIpc) is 2.47. The highest BCUT2D eigenvalue weighted by Gasteiger charge is 2.05. The highest BCUT2D eigenvalue weighted by atomic mass is 16.5. The van der Waals surface area contributed by atoms with E-state index in [0.717, 1.165) is 31.4 Å². The lowest BCUT2D eigenvalue weighted by Gasteiger charge is -2.06. The molecule has 0 radical (unpaired) electrons. The van der Waals surface area contributed by atoms with Gasteiger partial charge in [-0.15, -0.1) is 0 Å². The lowest BCUT2D eigenvalue weighted by Crippen LogP contribution is -2.25. The van der Waals surface area contributed by atoms with Gasteiger partial charge < -0.3 is 10.1 Å². The molecule has 1 amide bonds. The van der Waals surface area contributed by atoms with E-state index in [9.17, 15) is 4.79 Å². The maximum atomic E-state index is 11.9. The van der Waals surface area contributed by atoms with Crippen molar-refractivity contribution in [2.24, 2.45) is 0 Å². The second kappa shape index (κ2) is 9.99. The fourth-order valence-electron chi connectivity index (χ4n) is 1.74. The number of nitrogens with one attached hydrogen (secondary N) is 1. The Morgan fingerprint density at radius 3 is 2.90 bits per heavy atom. The van der Waals surface area contributed by atoms with Crippen LogP contribution >= 0.6 is 0 Å². The van der Waals surface area contributed by atoms with Gasteiger partial charge in [-0.2, -0.15) is 5.26 Å². The van der Waals surface area contributed by atoms with Gasteiger partial charge in [0.1, 0.15) is 0 Å². The molecule has 108 valence electrons. The fraction of sp³-hybridized carbons (Fsp3) is 0.500. The topological polar surface area (TPSA) is 62.1 Å². The quantitative estimate of drug-likeness (QED) is 0.704. The van der Waals surface area contributed by atoms with Crippen molar-refractivity contribution in [2.75, 3.05) is 19.8 Å². The van der Waals surface area contributed by atoms with Crippen molar-refractivity contribution in [3.63, 3.8) is 0 Å². The number of ether oxygens (including phenoxy) is 1. The summed E-state index contributed by atoms with van der Waals surface area (Å²) in [4.78, 5) is 11.9. The first-order valence-corrected chi connectivity index (χ1v) is 7.09. The van der Waals surface area contributed by atoms with Crippen LogP contribution in [-0.4, -0.2) is 25.7 Å². The van der Waals surface area contributed by atoms with Crippen molar-refractivity contribution in [3.8, 4) is 6.07 Å². The minimum atomic E-state index is -0.0988. The van der Waals surface area contributed by atoms with Gasteiger partial charge in [0.2, 0.25) is 0 Å². The Balaban J connectivity index is 2.25. The van der Waals surface area contributed by atoms with E-state index >= 15 is 0 Å². The Morgan fingerprint density at radius 2 is 2.15 bits per heavy atom. The number of carbonyl (C=O) groups excluding carboxylic acids is 1. The number of unbranched alkanes of at least 4 members (excludes halogenated alkanes) is 1. The number of amides is 1. The van der Waals surface area contributed by atoms with Crippen molar-refractivity contribution in [1.82, 2.24) is 5.32 Å². The van der Waals surface area contributed by atoms with Crippen molar-refractivity contribution in [1.29, 1.82) is 5.26 Å². The highest BCUT2D eigenvalue weighted by Crippen LogP contribution is 2.05. The zero-order chi connectivity index (χ0) is 14.6. The van der Waals surface area contributed by atoms with Crippen LogP contribution in [0.5, 0.6) is 0 Å². The third kappa shape index (κ3) is 6.35. The SMILES string of the molecule is CCCCOCCCNC(=O)c1cccc(CC#N)c1. The third-order valence-corrected chi connectivity index (χ3v) is 2.87. The maximum Gasteiger partial charge on any atom is 0.251 e. The predicted octanol–water partition coefficient (Wildman–Crippen LogP) is 2.69. The zero-order valence-corrected chi connectivity index (χ0v) is 12.0. The van der Waals surface area contributed by atoms with Gasteiger partial charge in [-0.1, -0.05) is 25.5 Å². The Labute approximate surface area is 120 Å². The molecule has 4 heteroatoms. The molecule has 1 rings (SSSR count). The summed E-state index contributed by atoms with van der Waals surface area (Å²) in [7, 11) is 0. The molecule has 0 aliphatic carbocycles. The van der Waals surface area contributed by atoms with Crippen molar-refractivity contribution in [3.05, 3.63) is 35.4 Å². The molecule has 0 saturated heterocycles. The summed E-state index contributed by atoms with van der Waals surface area (Å²) in [6.45, 7) is 4.20. The summed E-state index contributed by atoms with van der Waals surface area (Å²) in [5, 5.41) is 11.5. The van der Waals surface area contributed by atoms with E-state index in [2.05, 4.69) is 18.3 Å². The number of benzene rings is 1. The minimum Gasteiger partial charge on any atom is -0.381 e. The minimum absolute atomic E-state index is 0.0988. The summed E-state index contributed by atoms with van der Waals surface area (Å²) in [5.74, 6) is -0.0988. The zero-order valence-electron chi connectivity index (χ0n) is 12.0. The Bertz CT molecular complexity index is 452. The molecule has 1 aromatic rings. The Hall–Kier alpha value is -1.86. The normalized spacial score (nSPS) is 10.0. The van der Waals surface area contributed by atoms with Gasteiger partial charge >= 0.3 is 0 Å². The molecular weight excluding hydrogens is 252 g/mol. The monoisotopic (exact) mass is 274 g/mol. The number of carbonyl (C=O) groups is 1. The summed E-state index contributed by atoms with van der Waals surface area (Å²) in [6, 6.07) is 9.25. The lowest BCUT2D eigenvalue weighted by atomic mass is 10.1. The lowest BCUT2D eigenvalue weighted by molar-refractivity contribution is 0.0940. The predicted molar refractivity (Wildman–Crippen MR) is 78.4 cm³/mol. The van der Waals surface area contributed by atoms with Crippen LogP contribution in [0.2, 0.25) is 0 Å². The van der Waals surface area contributed by atoms with Crippen LogP contribution < -0.4 is 5.32 Å². The number of rotatable bonds is 9. The summed E-state index contributed by atoms with van der Waals surface area (Å²) >= 11 is 0. The van der Waals surface area contributed by atoms with E-state index in [4.69, 9.17) is 10.00 Å². The van der Waals surface area contributed by atoms with Gasteiger partial charge in [-0.3, -0.25) is 4.79 Å². The van der Waals surface area contributed by atoms with Gasteiger partial charge in [-0.25, -0.2) is 0 Å². The molecule has 0 fully saturated rings. The molecule has 0 heterocycles. The number of nitrogens with zero attached hydrogens (tertiary/aromatic N) is 1. The van der Waals surface area contributed by atoms with Gasteiger partial charge in [0.05, 0.1) is 12.5 Å². The smallest absolute Gasteiger partial charge is 0.251 e. The standard InChI is InChI=1S/C16H22N2O2/c1-2-3-11-20-12-5-10-18-16(19)15-7-4-6-14(13-15)8-9-17/h4,6-7,13H,2-3,5,8,10-12H2,1H3,(H,18,19). The molecule has 0 aromatic heterocycles. The number of nitriles is 1. The van der Waals surface area contributed by atoms with Crippen molar-refractivity contribution < 1.29 is 9.53 Å². The molecule has 20 heavy (non-hydrogen) atoms. The molecule has 0 aliphatic heterocycles. The van der Waals surface area contributed by atoms with Gasteiger partial charge in [0.15, 0.2) is 0 Å². The van der Waals surface area contributed by atoms with Crippen LogP contribution in [0.15, 0.2) is 24.3 Å². The average molecular weight is 274 g/mol. The molecule has 0 aliphatic rings. The molecule has 0 unspecified atom stereocenters. The number of hydrogen-bond acceptors (Lipinski definition) is 3. The fourth-order valence-corrected chi connectivity index (χ4v) is 1.74. The van der Waals surface area contributed by atoms with Crippen molar-refractivity contribution >= 4 is 5.91 Å². The largest absolute Gasteiger partial charge is 0.381 e. The van der Waals surface area contributed by atoms with Crippen LogP contribution in [0, 0.1) is 11.3 Å². The number of hydrogen-bond donors (Lipinski definition) is 1. The first-order chi connectivity index (χ1) is 9.77. The molecule has 1 N–H and O–H groups in total. The molecule has 0 bridgehead atoms. The van der Waals surface area contributed by atoms with Crippen molar-refractivity contribution in [2.45, 2.75) is 32.6 Å². The second-order valence-electron chi connectivity index (χ2n) is 4.61. The molecule has 4 nitrogen and oxygen atoms in total. The van der Waals surface area contributed by atoms with E-state index in [1.165, 1.54) is 0 Å². The molecule has 0 saturated carbocycles. The van der Waals surface area contributed by atoms with E-state index < -0.39 is 0 Å². The van der Waals surface area contributed by atoms with E-state index in [0.29, 0.717) is 25.1 Å². The van der Waals surface area contributed by atoms with E-state index in [-0.39, 0.29) is 5.91 Å². The van der Waals surface area contributed by atoms with Crippen LogP contribution in [0.1, 0.15) is 42.1 Å². The van der Waals surface area contributed by atoms with Crippen LogP contribution in [-0.2, 0) is 11.2 Å². The molecular formula is C16H22N2O2. The third-order valence-electron chi connectivity index (χ3n) is 2.87. The molecule has 0 spiro atoms. The molecule has 0 atom stereocenters. The van der Waals surface area contributed by atoms with Crippen LogP contribution in [0.25, 0.3) is 0 Å². The first kappa shape index (κ1) is 16.2. The maximum absolute atomic E-state index is 11.9. The Morgan fingerprint density at radius 1 is 1.35 bits per heavy atom.